The van der Waals surface area contributed by atoms with Gasteiger partial charge >= 0.3 is 0 Å². The second-order valence-electron chi connectivity index (χ2n) is 14.9. The highest BCUT2D eigenvalue weighted by Gasteiger charge is 2.20. The molecule has 0 amide bonds. The van der Waals surface area contributed by atoms with Gasteiger partial charge in [-0.3, -0.25) is 0 Å². The Morgan fingerprint density at radius 1 is 0.500 bits per heavy atom. The van der Waals surface area contributed by atoms with Crippen molar-refractivity contribution in [3.05, 3.63) is 204 Å². The minimum Gasteiger partial charge on any atom is -0.310 e. The monoisotopic (exact) mass is 741 g/mol. The van der Waals surface area contributed by atoms with Crippen LogP contribution in [0.4, 0.5) is 0 Å². The zero-order valence-corrected chi connectivity index (χ0v) is 31.5. The molecule has 5 heteroatoms. The number of para-hydroxylation sites is 3. The van der Waals surface area contributed by atoms with Gasteiger partial charge < -0.3 is 9.13 Å². The Morgan fingerprint density at radius 3 is 1.81 bits per heavy atom. The molecule has 0 saturated heterocycles. The SMILES string of the molecule is N#Cc1ccc(-c2cc(-c3ccccc3)nc(-c3ccc4c(c3)c3c(n4-c4ccccc4)=CCC(c4ccc5c(c4)c4ccccc4n5-c4ccccc4)C=3)n2)cc1. The van der Waals surface area contributed by atoms with E-state index in [1.165, 1.54) is 37.9 Å². The summed E-state index contributed by atoms with van der Waals surface area (Å²) in [6, 6.07) is 65.8. The fourth-order valence-corrected chi connectivity index (χ4v) is 8.72. The third-order valence-corrected chi connectivity index (χ3v) is 11.5. The molecule has 3 heterocycles. The number of aromatic nitrogens is 4. The van der Waals surface area contributed by atoms with Crippen LogP contribution < -0.4 is 10.6 Å². The largest absolute Gasteiger partial charge is 0.310 e. The number of hydrogen-bond donors (Lipinski definition) is 0. The standard InChI is InChI=1S/C53H35N5/c54-34-35-20-22-37(23-21-35)48-33-47(36-12-4-1-5-13-36)55-53(56-48)40-26-29-52-46(32-40)45-31-39(25-28-51(45)58(52)42-16-8-3-9-17-42)38-24-27-50-44(30-38)43-18-10-11-19-49(43)57(50)41-14-6-2-7-15-41/h1-24,26-33,39H,25H2. The van der Waals surface area contributed by atoms with E-state index >= 15 is 0 Å². The van der Waals surface area contributed by atoms with Gasteiger partial charge in [-0.25, -0.2) is 9.97 Å². The average molecular weight is 742 g/mol. The highest BCUT2D eigenvalue weighted by atomic mass is 15.0. The third kappa shape index (κ3) is 5.62. The lowest BCUT2D eigenvalue weighted by Gasteiger charge is -2.15. The summed E-state index contributed by atoms with van der Waals surface area (Å²) < 4.78 is 4.77. The second kappa shape index (κ2) is 13.7. The van der Waals surface area contributed by atoms with Crippen LogP contribution in [0.3, 0.4) is 0 Å². The van der Waals surface area contributed by atoms with Crippen LogP contribution >= 0.6 is 0 Å². The first-order valence-corrected chi connectivity index (χ1v) is 19.7. The summed E-state index contributed by atoms with van der Waals surface area (Å²) in [7, 11) is 0. The first kappa shape index (κ1) is 33.5. The Bertz CT molecular complexity index is 3360. The molecular formula is C53H35N5. The fraction of sp³-hybridized carbons (Fsp3) is 0.0377. The van der Waals surface area contributed by atoms with Gasteiger partial charge in [-0.15, -0.1) is 0 Å². The lowest BCUT2D eigenvalue weighted by molar-refractivity contribution is 0.909. The quantitative estimate of drug-likeness (QED) is 0.170. The van der Waals surface area contributed by atoms with Gasteiger partial charge in [0.1, 0.15) is 0 Å². The predicted octanol–water partition coefficient (Wildman–Crippen LogP) is 11.1. The summed E-state index contributed by atoms with van der Waals surface area (Å²) in [5, 5.41) is 15.5. The highest BCUT2D eigenvalue weighted by Crippen LogP contribution is 2.36. The molecule has 0 spiro atoms. The normalized spacial score (nSPS) is 13.5. The molecular weight excluding hydrogens is 707 g/mol. The van der Waals surface area contributed by atoms with Crippen molar-refractivity contribution in [2.75, 3.05) is 0 Å². The number of benzene rings is 7. The molecule has 1 aliphatic rings. The molecule has 0 saturated carbocycles. The maximum absolute atomic E-state index is 9.45. The first-order chi connectivity index (χ1) is 28.7. The van der Waals surface area contributed by atoms with E-state index in [0.29, 0.717) is 11.4 Å². The van der Waals surface area contributed by atoms with Gasteiger partial charge in [0, 0.05) is 60.7 Å². The number of nitrogens with zero attached hydrogens (tertiary/aromatic N) is 5. The molecule has 11 rings (SSSR count). The number of rotatable bonds is 6. The highest BCUT2D eigenvalue weighted by molar-refractivity contribution is 6.09. The molecule has 7 aromatic carbocycles. The lowest BCUT2D eigenvalue weighted by atomic mass is 9.90. The van der Waals surface area contributed by atoms with Crippen LogP contribution in [0.1, 0.15) is 23.5 Å². The van der Waals surface area contributed by atoms with E-state index in [9.17, 15) is 5.26 Å². The molecule has 1 unspecified atom stereocenters. The minimum absolute atomic E-state index is 0.190. The third-order valence-electron chi connectivity index (χ3n) is 11.5. The van der Waals surface area contributed by atoms with Gasteiger partial charge in [-0.2, -0.15) is 5.26 Å². The van der Waals surface area contributed by atoms with Crippen molar-refractivity contribution in [3.8, 4) is 51.3 Å². The first-order valence-electron chi connectivity index (χ1n) is 19.7. The van der Waals surface area contributed by atoms with Gasteiger partial charge in [-0.1, -0.05) is 115 Å². The summed E-state index contributed by atoms with van der Waals surface area (Å²) in [4.78, 5) is 10.3. The van der Waals surface area contributed by atoms with Crippen molar-refractivity contribution < 1.29 is 0 Å². The van der Waals surface area contributed by atoms with Crippen molar-refractivity contribution in [2.45, 2.75) is 12.3 Å². The number of nitriles is 1. The van der Waals surface area contributed by atoms with E-state index in [2.05, 4.69) is 161 Å². The molecule has 0 radical (unpaired) electrons. The molecule has 0 N–H and O–H groups in total. The maximum Gasteiger partial charge on any atom is 0.160 e. The summed E-state index contributed by atoms with van der Waals surface area (Å²) in [6.07, 6.45) is 5.78. The molecule has 5 nitrogen and oxygen atoms in total. The summed E-state index contributed by atoms with van der Waals surface area (Å²) >= 11 is 0. The Kier molecular flexibility index (Phi) is 7.94. The van der Waals surface area contributed by atoms with Gasteiger partial charge in [0.05, 0.1) is 39.6 Å². The van der Waals surface area contributed by atoms with Gasteiger partial charge in [0.15, 0.2) is 5.82 Å². The molecule has 0 fully saturated rings. The van der Waals surface area contributed by atoms with E-state index in [0.717, 1.165) is 56.8 Å². The van der Waals surface area contributed by atoms with E-state index in [4.69, 9.17) is 9.97 Å². The predicted molar refractivity (Wildman–Crippen MR) is 236 cm³/mol. The van der Waals surface area contributed by atoms with Crippen LogP contribution in [0.25, 0.3) is 90.1 Å². The molecule has 58 heavy (non-hydrogen) atoms. The number of fused-ring (bicyclic) bond motifs is 6. The summed E-state index contributed by atoms with van der Waals surface area (Å²) in [6.45, 7) is 0. The average Bonchev–Trinajstić information content (AvgIpc) is 3.81. The topological polar surface area (TPSA) is 59.4 Å². The van der Waals surface area contributed by atoms with Crippen molar-refractivity contribution in [3.63, 3.8) is 0 Å². The Balaban J connectivity index is 1.09. The summed E-state index contributed by atoms with van der Waals surface area (Å²) in [5.74, 6) is 0.843. The van der Waals surface area contributed by atoms with Gasteiger partial charge in [0.2, 0.25) is 0 Å². The van der Waals surface area contributed by atoms with E-state index in [1.54, 1.807) is 0 Å². The van der Waals surface area contributed by atoms with Crippen molar-refractivity contribution in [1.82, 2.24) is 19.1 Å². The van der Waals surface area contributed by atoms with Crippen molar-refractivity contribution >= 4 is 44.9 Å². The zero-order valence-electron chi connectivity index (χ0n) is 31.5. The fourth-order valence-electron chi connectivity index (χ4n) is 8.72. The Hall–Kier alpha value is -7.81. The molecule has 10 aromatic rings. The van der Waals surface area contributed by atoms with E-state index < -0.39 is 0 Å². The summed E-state index contributed by atoms with van der Waals surface area (Å²) in [5.41, 5.74) is 12.3. The second-order valence-corrected chi connectivity index (χ2v) is 14.9. The lowest BCUT2D eigenvalue weighted by Crippen LogP contribution is -2.31. The van der Waals surface area contributed by atoms with Crippen LogP contribution in [-0.4, -0.2) is 19.1 Å². The number of hydrogen-bond acceptors (Lipinski definition) is 3. The molecule has 272 valence electrons. The van der Waals surface area contributed by atoms with Crippen LogP contribution in [0.15, 0.2) is 182 Å². The maximum atomic E-state index is 9.45. The molecule has 1 atom stereocenters. The van der Waals surface area contributed by atoms with Crippen LogP contribution in [0.5, 0.6) is 0 Å². The van der Waals surface area contributed by atoms with Crippen LogP contribution in [0.2, 0.25) is 0 Å². The molecule has 1 aliphatic carbocycles. The molecule has 0 aliphatic heterocycles. The van der Waals surface area contributed by atoms with E-state index in [1.807, 2.05) is 48.5 Å². The molecule has 0 bridgehead atoms. The van der Waals surface area contributed by atoms with Crippen molar-refractivity contribution in [2.24, 2.45) is 0 Å². The Morgan fingerprint density at radius 2 is 1.09 bits per heavy atom. The van der Waals surface area contributed by atoms with E-state index in [-0.39, 0.29) is 5.92 Å². The van der Waals surface area contributed by atoms with Gasteiger partial charge in [-0.05, 0) is 90.8 Å². The van der Waals surface area contributed by atoms with Crippen LogP contribution in [-0.2, 0) is 0 Å². The van der Waals surface area contributed by atoms with Crippen molar-refractivity contribution in [1.29, 1.82) is 5.26 Å². The smallest absolute Gasteiger partial charge is 0.160 e. The van der Waals surface area contributed by atoms with Crippen LogP contribution in [0, 0.1) is 11.3 Å². The molecule has 3 aromatic heterocycles. The van der Waals surface area contributed by atoms with Gasteiger partial charge in [0.25, 0.3) is 0 Å². The zero-order chi connectivity index (χ0) is 38.6. The Labute approximate surface area is 335 Å². The minimum atomic E-state index is 0.190.